The minimum Gasteiger partial charge on any atom is -0.322 e. The van der Waals surface area contributed by atoms with Gasteiger partial charge in [0.1, 0.15) is 0 Å². The molecule has 0 aromatic heterocycles. The van der Waals surface area contributed by atoms with Gasteiger partial charge in [-0.05, 0) is 44.5 Å². The number of carbonyl (C=O) groups is 2. The second-order valence-electron chi connectivity index (χ2n) is 6.16. The Morgan fingerprint density at radius 2 is 1.82 bits per heavy atom. The number of hydrogen-bond acceptors (Lipinski definition) is 5. The van der Waals surface area contributed by atoms with Crippen LogP contribution in [0.25, 0.3) is 0 Å². The fourth-order valence-electron chi connectivity index (χ4n) is 2.39. The summed E-state index contributed by atoms with van der Waals surface area (Å²) in [5, 5.41) is 17.8. The zero-order chi connectivity index (χ0) is 20.8. The molecule has 0 unspecified atom stereocenters. The number of nitro groups is 1. The van der Waals surface area contributed by atoms with Gasteiger partial charge in [0, 0.05) is 22.9 Å². The monoisotopic (exact) mass is 380 g/mol. The second-order valence-corrected chi connectivity index (χ2v) is 6.16. The predicted molar refractivity (Wildman–Crippen MR) is 107 cm³/mol. The van der Waals surface area contributed by atoms with Gasteiger partial charge in [-0.3, -0.25) is 19.7 Å². The average molecular weight is 380 g/mol. The lowest BCUT2D eigenvalue weighted by atomic mass is 10.1. The number of carbonyl (C=O) groups excluding carboxylic acids is 2. The first-order valence-corrected chi connectivity index (χ1v) is 8.36. The third-order valence-corrected chi connectivity index (χ3v) is 4.00. The van der Waals surface area contributed by atoms with Crippen molar-refractivity contribution in [1.29, 1.82) is 0 Å². The van der Waals surface area contributed by atoms with Crippen LogP contribution in [0.1, 0.15) is 35.3 Å². The Labute approximate surface area is 162 Å². The fraction of sp³-hybridized carbons (Fsp3) is 0.150. The summed E-state index contributed by atoms with van der Waals surface area (Å²) in [6, 6.07) is 11.2. The first-order chi connectivity index (χ1) is 13.2. The lowest BCUT2D eigenvalue weighted by molar-refractivity contribution is -0.385. The molecular weight excluding hydrogens is 360 g/mol. The van der Waals surface area contributed by atoms with Crippen LogP contribution in [-0.4, -0.2) is 22.4 Å². The molecule has 0 bridgehead atoms. The fourth-order valence-corrected chi connectivity index (χ4v) is 2.39. The summed E-state index contributed by atoms with van der Waals surface area (Å²) in [5.74, 6) is -0.839. The van der Waals surface area contributed by atoms with E-state index in [4.69, 9.17) is 0 Å². The van der Waals surface area contributed by atoms with Crippen molar-refractivity contribution in [2.24, 2.45) is 5.10 Å². The predicted octanol–water partition coefficient (Wildman–Crippen LogP) is 3.57. The molecule has 0 aliphatic heterocycles. The standard InChI is InChI=1S/C20H20N4O4/c1-12(2)19(25)21-16-8-5-7-15(11-16)14(4)22-23-20(26)17-9-6-10-18(13(17)3)24(27)28/h5-11H,1H2,2-4H3,(H,21,25)(H,23,26)/b22-14+. The van der Waals surface area contributed by atoms with Gasteiger partial charge in [0.15, 0.2) is 0 Å². The van der Waals surface area contributed by atoms with Crippen molar-refractivity contribution < 1.29 is 14.5 Å². The van der Waals surface area contributed by atoms with E-state index in [0.29, 0.717) is 22.5 Å². The summed E-state index contributed by atoms with van der Waals surface area (Å²) in [7, 11) is 0. The molecule has 0 aliphatic carbocycles. The third-order valence-electron chi connectivity index (χ3n) is 4.00. The normalized spacial score (nSPS) is 10.9. The summed E-state index contributed by atoms with van der Waals surface area (Å²) in [5.41, 5.74) is 4.87. The number of hydrazone groups is 1. The highest BCUT2D eigenvalue weighted by Crippen LogP contribution is 2.21. The molecule has 144 valence electrons. The van der Waals surface area contributed by atoms with E-state index >= 15 is 0 Å². The Hall–Kier alpha value is -3.81. The topological polar surface area (TPSA) is 114 Å². The summed E-state index contributed by atoms with van der Waals surface area (Å²) >= 11 is 0. The van der Waals surface area contributed by atoms with Gasteiger partial charge in [-0.15, -0.1) is 0 Å². The molecule has 2 aromatic carbocycles. The van der Waals surface area contributed by atoms with Crippen molar-refractivity contribution in [2.75, 3.05) is 5.32 Å². The van der Waals surface area contributed by atoms with Crippen LogP contribution in [0.3, 0.4) is 0 Å². The molecule has 2 aromatic rings. The van der Waals surface area contributed by atoms with Gasteiger partial charge in [0.05, 0.1) is 16.2 Å². The molecule has 2 rings (SSSR count). The minimum absolute atomic E-state index is 0.130. The van der Waals surface area contributed by atoms with E-state index in [1.807, 2.05) is 0 Å². The number of benzene rings is 2. The first kappa shape index (κ1) is 20.5. The van der Waals surface area contributed by atoms with E-state index in [2.05, 4.69) is 22.4 Å². The molecule has 2 amide bonds. The summed E-state index contributed by atoms with van der Waals surface area (Å²) in [4.78, 5) is 34.6. The van der Waals surface area contributed by atoms with Gasteiger partial charge < -0.3 is 5.32 Å². The number of amides is 2. The lowest BCUT2D eigenvalue weighted by Crippen LogP contribution is -2.20. The SMILES string of the molecule is C=C(C)C(=O)Nc1cccc(/C(C)=N/NC(=O)c2cccc([N+](=O)[O-])c2C)c1. The molecule has 8 heteroatoms. The highest BCUT2D eigenvalue weighted by Gasteiger charge is 2.17. The maximum Gasteiger partial charge on any atom is 0.273 e. The third kappa shape index (κ3) is 4.88. The zero-order valence-electron chi connectivity index (χ0n) is 15.8. The van der Waals surface area contributed by atoms with Crippen LogP contribution < -0.4 is 10.7 Å². The second kappa shape index (κ2) is 8.72. The smallest absolute Gasteiger partial charge is 0.273 e. The molecule has 8 nitrogen and oxygen atoms in total. The number of hydrogen-bond donors (Lipinski definition) is 2. The highest BCUT2D eigenvalue weighted by molar-refractivity contribution is 6.05. The van der Waals surface area contributed by atoms with E-state index in [-0.39, 0.29) is 22.7 Å². The van der Waals surface area contributed by atoms with E-state index in [1.54, 1.807) is 38.1 Å². The van der Waals surface area contributed by atoms with E-state index in [9.17, 15) is 19.7 Å². The Morgan fingerprint density at radius 3 is 2.46 bits per heavy atom. The molecule has 0 radical (unpaired) electrons. The molecule has 0 atom stereocenters. The molecule has 0 fully saturated rings. The van der Waals surface area contributed by atoms with Gasteiger partial charge in [0.2, 0.25) is 0 Å². The lowest BCUT2D eigenvalue weighted by Gasteiger charge is -2.08. The largest absolute Gasteiger partial charge is 0.322 e. The van der Waals surface area contributed by atoms with Gasteiger partial charge in [-0.1, -0.05) is 24.8 Å². The molecular formula is C20H20N4O4. The number of anilines is 1. The van der Waals surface area contributed by atoms with Crippen LogP contribution in [0.5, 0.6) is 0 Å². The van der Waals surface area contributed by atoms with E-state index in [1.165, 1.54) is 25.1 Å². The van der Waals surface area contributed by atoms with Gasteiger partial charge in [0.25, 0.3) is 17.5 Å². The van der Waals surface area contributed by atoms with Gasteiger partial charge in [-0.25, -0.2) is 5.43 Å². The number of nitrogens with zero attached hydrogens (tertiary/aromatic N) is 2. The van der Waals surface area contributed by atoms with Crippen LogP contribution in [0, 0.1) is 17.0 Å². The molecule has 0 saturated heterocycles. The van der Waals surface area contributed by atoms with E-state index < -0.39 is 10.8 Å². The van der Waals surface area contributed by atoms with E-state index in [0.717, 1.165) is 0 Å². The Morgan fingerprint density at radius 1 is 1.14 bits per heavy atom. The van der Waals surface area contributed by atoms with Crippen molar-refractivity contribution >= 4 is 28.9 Å². The Kier molecular flexibility index (Phi) is 6.38. The van der Waals surface area contributed by atoms with Crippen LogP contribution in [-0.2, 0) is 4.79 Å². The summed E-state index contributed by atoms with van der Waals surface area (Å²) in [6.07, 6.45) is 0. The minimum atomic E-state index is -0.549. The van der Waals surface area contributed by atoms with Gasteiger partial charge in [-0.2, -0.15) is 5.10 Å². The molecule has 0 spiro atoms. The van der Waals surface area contributed by atoms with Crippen molar-refractivity contribution in [1.82, 2.24) is 5.43 Å². The first-order valence-electron chi connectivity index (χ1n) is 8.36. The van der Waals surface area contributed by atoms with Crippen molar-refractivity contribution in [3.8, 4) is 0 Å². The maximum atomic E-state index is 12.4. The molecule has 0 aliphatic rings. The average Bonchev–Trinajstić information content (AvgIpc) is 2.65. The molecule has 2 N–H and O–H groups in total. The Bertz CT molecular complexity index is 995. The zero-order valence-corrected chi connectivity index (χ0v) is 15.8. The number of nitrogens with one attached hydrogen (secondary N) is 2. The summed E-state index contributed by atoms with van der Waals surface area (Å²) < 4.78 is 0. The van der Waals surface area contributed by atoms with Crippen LogP contribution >= 0.6 is 0 Å². The van der Waals surface area contributed by atoms with Crippen LogP contribution in [0.15, 0.2) is 59.7 Å². The molecule has 28 heavy (non-hydrogen) atoms. The van der Waals surface area contributed by atoms with Crippen LogP contribution in [0.4, 0.5) is 11.4 Å². The van der Waals surface area contributed by atoms with Crippen molar-refractivity contribution in [3.05, 3.63) is 81.4 Å². The van der Waals surface area contributed by atoms with Gasteiger partial charge >= 0.3 is 0 Å². The quantitative estimate of drug-likeness (QED) is 0.345. The number of nitro benzene ring substituents is 1. The molecule has 0 saturated carbocycles. The molecule has 0 heterocycles. The van der Waals surface area contributed by atoms with Crippen LogP contribution in [0.2, 0.25) is 0 Å². The number of rotatable bonds is 6. The Balaban J connectivity index is 2.18. The van der Waals surface area contributed by atoms with Crippen molar-refractivity contribution in [3.63, 3.8) is 0 Å². The maximum absolute atomic E-state index is 12.4. The highest BCUT2D eigenvalue weighted by atomic mass is 16.6. The summed E-state index contributed by atoms with van der Waals surface area (Å²) in [6.45, 7) is 8.40. The van der Waals surface area contributed by atoms with Crippen molar-refractivity contribution in [2.45, 2.75) is 20.8 Å².